The molecule has 1 heterocycles. The zero-order chi connectivity index (χ0) is 16.3. The summed E-state index contributed by atoms with van der Waals surface area (Å²) in [5.41, 5.74) is 1.11. The van der Waals surface area contributed by atoms with Gasteiger partial charge in [0.1, 0.15) is 5.75 Å². The molecule has 1 N–H and O–H groups in total. The number of methoxy groups -OCH3 is 1. The van der Waals surface area contributed by atoms with E-state index >= 15 is 0 Å². The van der Waals surface area contributed by atoms with Gasteiger partial charge in [0, 0.05) is 17.2 Å². The van der Waals surface area contributed by atoms with Gasteiger partial charge >= 0.3 is 0 Å². The van der Waals surface area contributed by atoms with E-state index in [9.17, 15) is 18.0 Å². The van der Waals surface area contributed by atoms with Crippen molar-refractivity contribution < 1.29 is 22.7 Å². The second-order valence-corrected chi connectivity index (χ2v) is 7.66. The van der Waals surface area contributed by atoms with Gasteiger partial charge in [0.25, 0.3) is 0 Å². The van der Waals surface area contributed by atoms with Crippen molar-refractivity contribution in [3.63, 3.8) is 0 Å². The van der Waals surface area contributed by atoms with Crippen LogP contribution >= 0.6 is 0 Å². The summed E-state index contributed by atoms with van der Waals surface area (Å²) in [5.74, 6) is 0.260. The molecule has 1 aromatic carbocycles. The number of carbonyl (C=O) groups excluding carboxylic acids is 2. The molecule has 2 rings (SSSR count). The summed E-state index contributed by atoms with van der Waals surface area (Å²) in [6.07, 6.45) is 0.486. The molecule has 0 saturated carbocycles. The number of rotatable bonds is 5. The SMILES string of the molecule is COc1ccc(C(C)=O)cc1CC(=O)N[C@H]1CCS(=O)(=O)C1. The Morgan fingerprint density at radius 1 is 1.36 bits per heavy atom. The largest absolute Gasteiger partial charge is 0.496 e. The van der Waals surface area contributed by atoms with Gasteiger partial charge in [-0.15, -0.1) is 0 Å². The van der Waals surface area contributed by atoms with Crippen LogP contribution in [0.3, 0.4) is 0 Å². The molecule has 1 aromatic rings. The highest BCUT2D eigenvalue weighted by atomic mass is 32.2. The molecule has 0 radical (unpaired) electrons. The van der Waals surface area contributed by atoms with E-state index in [2.05, 4.69) is 5.32 Å². The summed E-state index contributed by atoms with van der Waals surface area (Å²) < 4.78 is 28.0. The van der Waals surface area contributed by atoms with Crippen LogP contribution in [-0.4, -0.2) is 44.8 Å². The van der Waals surface area contributed by atoms with Gasteiger partial charge in [-0.2, -0.15) is 0 Å². The third kappa shape index (κ3) is 4.07. The van der Waals surface area contributed by atoms with Gasteiger partial charge in [0.2, 0.25) is 5.91 Å². The van der Waals surface area contributed by atoms with Crippen LogP contribution in [0.5, 0.6) is 5.75 Å². The van der Waals surface area contributed by atoms with Crippen molar-refractivity contribution in [1.29, 1.82) is 0 Å². The van der Waals surface area contributed by atoms with Gasteiger partial charge in [-0.1, -0.05) is 0 Å². The molecule has 0 bridgehead atoms. The highest BCUT2D eigenvalue weighted by Crippen LogP contribution is 2.21. The minimum atomic E-state index is -3.03. The minimum Gasteiger partial charge on any atom is -0.496 e. The summed E-state index contributed by atoms with van der Waals surface area (Å²) in [4.78, 5) is 23.5. The first-order valence-corrected chi connectivity index (χ1v) is 8.80. The molecule has 1 saturated heterocycles. The number of sulfone groups is 1. The highest BCUT2D eigenvalue weighted by Gasteiger charge is 2.29. The number of carbonyl (C=O) groups is 2. The zero-order valence-electron chi connectivity index (χ0n) is 12.6. The monoisotopic (exact) mass is 325 g/mol. The molecule has 22 heavy (non-hydrogen) atoms. The molecule has 1 aliphatic heterocycles. The summed E-state index contributed by atoms with van der Waals surface area (Å²) >= 11 is 0. The van der Waals surface area contributed by atoms with E-state index in [0.717, 1.165) is 0 Å². The lowest BCUT2D eigenvalue weighted by Crippen LogP contribution is -2.36. The zero-order valence-corrected chi connectivity index (χ0v) is 13.4. The Balaban J connectivity index is 2.07. The van der Waals surface area contributed by atoms with Crippen molar-refractivity contribution in [2.24, 2.45) is 0 Å². The molecule has 6 nitrogen and oxygen atoms in total. The summed E-state index contributed by atoms with van der Waals surface area (Å²) in [7, 11) is -1.54. The lowest BCUT2D eigenvalue weighted by atomic mass is 10.0. The first-order valence-electron chi connectivity index (χ1n) is 6.98. The minimum absolute atomic E-state index is 0.0106. The number of benzene rings is 1. The Labute approximate surface area is 129 Å². The van der Waals surface area contributed by atoms with Crippen molar-refractivity contribution in [3.05, 3.63) is 29.3 Å². The Morgan fingerprint density at radius 3 is 2.64 bits per heavy atom. The summed E-state index contributed by atoms with van der Waals surface area (Å²) in [5, 5.41) is 2.72. The summed E-state index contributed by atoms with van der Waals surface area (Å²) in [6.45, 7) is 1.45. The third-order valence-corrected chi connectivity index (χ3v) is 5.40. The van der Waals surface area contributed by atoms with Crippen LogP contribution in [0.25, 0.3) is 0 Å². The van der Waals surface area contributed by atoms with Crippen molar-refractivity contribution in [3.8, 4) is 5.75 Å². The third-order valence-electron chi connectivity index (χ3n) is 3.64. The number of hydrogen-bond donors (Lipinski definition) is 1. The fraction of sp³-hybridized carbons (Fsp3) is 0.467. The van der Waals surface area contributed by atoms with Gasteiger partial charge < -0.3 is 10.1 Å². The van der Waals surface area contributed by atoms with Crippen LogP contribution in [0.4, 0.5) is 0 Å². The van der Waals surface area contributed by atoms with Gasteiger partial charge in [-0.25, -0.2) is 8.42 Å². The van der Waals surface area contributed by atoms with Crippen LogP contribution in [-0.2, 0) is 21.1 Å². The Hall–Kier alpha value is -1.89. The van der Waals surface area contributed by atoms with Crippen LogP contribution < -0.4 is 10.1 Å². The molecular formula is C15H19NO5S. The predicted molar refractivity (Wildman–Crippen MR) is 81.9 cm³/mol. The van der Waals surface area contributed by atoms with E-state index in [0.29, 0.717) is 23.3 Å². The molecule has 1 aliphatic rings. The lowest BCUT2D eigenvalue weighted by molar-refractivity contribution is -0.121. The van der Waals surface area contributed by atoms with Gasteiger partial charge in [0.15, 0.2) is 15.6 Å². The molecule has 1 amide bonds. The number of ether oxygens (including phenoxy) is 1. The standard InChI is InChI=1S/C15H19NO5S/c1-10(17)11-3-4-14(21-2)12(7-11)8-15(18)16-13-5-6-22(19,20)9-13/h3-4,7,13H,5-6,8-9H2,1-2H3,(H,16,18)/t13-/m0/s1. The maximum atomic E-state index is 12.1. The number of ketones is 1. The van der Waals surface area contributed by atoms with E-state index in [1.165, 1.54) is 14.0 Å². The quantitative estimate of drug-likeness (QED) is 0.807. The van der Waals surface area contributed by atoms with Gasteiger partial charge in [-0.3, -0.25) is 9.59 Å². The van der Waals surface area contributed by atoms with Crippen molar-refractivity contribution >= 4 is 21.5 Å². The fourth-order valence-electron chi connectivity index (χ4n) is 2.50. The normalized spacial score (nSPS) is 19.6. The Kier molecular flexibility index (Phi) is 4.85. The maximum absolute atomic E-state index is 12.1. The van der Waals surface area contributed by atoms with Gasteiger partial charge in [-0.05, 0) is 31.5 Å². The smallest absolute Gasteiger partial charge is 0.224 e. The molecule has 1 atom stereocenters. The lowest BCUT2D eigenvalue weighted by Gasteiger charge is -2.13. The molecule has 0 unspecified atom stereocenters. The van der Waals surface area contributed by atoms with Crippen molar-refractivity contribution in [2.45, 2.75) is 25.8 Å². The number of Topliss-reactive ketones (excluding diaryl/α,β-unsaturated/α-hetero) is 1. The average molecular weight is 325 g/mol. The Morgan fingerprint density at radius 2 is 2.09 bits per heavy atom. The molecule has 1 fully saturated rings. The van der Waals surface area contributed by atoms with E-state index in [-0.39, 0.29) is 35.7 Å². The van der Waals surface area contributed by atoms with E-state index in [4.69, 9.17) is 4.74 Å². The van der Waals surface area contributed by atoms with E-state index in [1.54, 1.807) is 18.2 Å². The molecule has 120 valence electrons. The molecular weight excluding hydrogens is 306 g/mol. The fourth-order valence-corrected chi connectivity index (χ4v) is 4.17. The molecule has 0 aliphatic carbocycles. The van der Waals surface area contributed by atoms with E-state index < -0.39 is 9.84 Å². The second-order valence-electron chi connectivity index (χ2n) is 5.43. The van der Waals surface area contributed by atoms with Crippen LogP contribution in [0.2, 0.25) is 0 Å². The second kappa shape index (κ2) is 6.48. The highest BCUT2D eigenvalue weighted by molar-refractivity contribution is 7.91. The first kappa shape index (κ1) is 16.5. The van der Waals surface area contributed by atoms with Crippen molar-refractivity contribution in [1.82, 2.24) is 5.32 Å². The predicted octanol–water partition coefficient (Wildman–Crippen LogP) is 0.744. The molecule has 0 aromatic heterocycles. The van der Waals surface area contributed by atoms with Crippen LogP contribution in [0.15, 0.2) is 18.2 Å². The van der Waals surface area contributed by atoms with E-state index in [1.807, 2.05) is 0 Å². The van der Waals surface area contributed by atoms with Gasteiger partial charge in [0.05, 0.1) is 25.0 Å². The maximum Gasteiger partial charge on any atom is 0.224 e. The topological polar surface area (TPSA) is 89.5 Å². The summed E-state index contributed by atoms with van der Waals surface area (Å²) in [6, 6.07) is 4.59. The number of hydrogen-bond acceptors (Lipinski definition) is 5. The molecule has 0 spiro atoms. The van der Waals surface area contributed by atoms with Crippen LogP contribution in [0, 0.1) is 0 Å². The number of amides is 1. The first-order chi connectivity index (χ1) is 10.3. The number of nitrogens with one attached hydrogen (secondary N) is 1. The Bertz CT molecular complexity index is 696. The molecule has 7 heteroatoms. The van der Waals surface area contributed by atoms with Crippen LogP contribution in [0.1, 0.15) is 29.3 Å². The average Bonchev–Trinajstić information content (AvgIpc) is 2.77. The van der Waals surface area contributed by atoms with Crippen molar-refractivity contribution in [2.75, 3.05) is 18.6 Å².